The minimum Gasteiger partial charge on any atom is -0.336 e. The average molecular weight is 351 g/mol. The fourth-order valence-corrected chi connectivity index (χ4v) is 3.00. The van der Waals surface area contributed by atoms with E-state index >= 15 is 0 Å². The van der Waals surface area contributed by atoms with Gasteiger partial charge in [-0.3, -0.25) is 14.6 Å². The van der Waals surface area contributed by atoms with Crippen LogP contribution in [0, 0.1) is 19.8 Å². The van der Waals surface area contributed by atoms with E-state index in [9.17, 15) is 9.59 Å². The van der Waals surface area contributed by atoms with E-state index in [2.05, 4.69) is 10.3 Å². The highest BCUT2D eigenvalue weighted by Crippen LogP contribution is 2.28. The van der Waals surface area contributed by atoms with Crippen LogP contribution in [0.25, 0.3) is 0 Å². The lowest BCUT2D eigenvalue weighted by Crippen LogP contribution is -2.29. The SMILES string of the molecule is Cc1ccc(C(=O)N(C)Cc2ncccc2C)cc1NC(=O)C1CCC1. The zero-order valence-electron chi connectivity index (χ0n) is 15.6. The molecule has 0 radical (unpaired) electrons. The van der Waals surface area contributed by atoms with Crippen molar-refractivity contribution < 1.29 is 9.59 Å². The van der Waals surface area contributed by atoms with Crippen LogP contribution < -0.4 is 5.32 Å². The number of amides is 2. The Labute approximate surface area is 154 Å². The first-order valence-electron chi connectivity index (χ1n) is 9.03. The molecule has 0 unspecified atom stereocenters. The Morgan fingerprint density at radius 2 is 1.96 bits per heavy atom. The van der Waals surface area contributed by atoms with Crippen LogP contribution in [0.15, 0.2) is 36.5 Å². The van der Waals surface area contributed by atoms with Crippen LogP contribution in [-0.4, -0.2) is 28.7 Å². The molecule has 1 fully saturated rings. The molecule has 2 amide bonds. The molecule has 0 saturated heterocycles. The molecule has 0 atom stereocenters. The zero-order valence-corrected chi connectivity index (χ0v) is 15.6. The number of nitrogens with one attached hydrogen (secondary N) is 1. The van der Waals surface area contributed by atoms with E-state index < -0.39 is 0 Å². The van der Waals surface area contributed by atoms with Crippen LogP contribution >= 0.6 is 0 Å². The summed E-state index contributed by atoms with van der Waals surface area (Å²) in [6.07, 6.45) is 4.76. The van der Waals surface area contributed by atoms with Gasteiger partial charge in [-0.05, 0) is 56.0 Å². The molecule has 1 saturated carbocycles. The molecule has 1 aliphatic carbocycles. The number of benzene rings is 1. The summed E-state index contributed by atoms with van der Waals surface area (Å²) in [5.41, 5.74) is 4.18. The van der Waals surface area contributed by atoms with E-state index in [1.807, 2.05) is 32.0 Å². The minimum absolute atomic E-state index is 0.0569. The molecule has 1 N–H and O–H groups in total. The average Bonchev–Trinajstić information content (AvgIpc) is 2.56. The monoisotopic (exact) mass is 351 g/mol. The summed E-state index contributed by atoms with van der Waals surface area (Å²) >= 11 is 0. The first kappa shape index (κ1) is 18.1. The number of aromatic nitrogens is 1. The smallest absolute Gasteiger partial charge is 0.254 e. The highest BCUT2D eigenvalue weighted by atomic mass is 16.2. The molecule has 3 rings (SSSR count). The molecule has 2 aromatic rings. The van der Waals surface area contributed by atoms with Gasteiger partial charge in [0.15, 0.2) is 0 Å². The lowest BCUT2D eigenvalue weighted by Gasteiger charge is -2.24. The second kappa shape index (κ2) is 7.68. The molecule has 1 aromatic heterocycles. The maximum absolute atomic E-state index is 12.8. The Kier molecular flexibility index (Phi) is 5.35. The van der Waals surface area contributed by atoms with Crippen LogP contribution in [0.2, 0.25) is 0 Å². The number of nitrogens with zero attached hydrogens (tertiary/aromatic N) is 2. The Balaban J connectivity index is 1.73. The standard InChI is InChI=1S/C21H25N3O2/c1-14-6-5-11-22-19(14)13-24(3)21(26)17-10-9-15(2)18(12-17)23-20(25)16-7-4-8-16/h5-6,9-12,16H,4,7-8,13H2,1-3H3,(H,23,25). The van der Waals surface area contributed by atoms with Crippen LogP contribution in [0.1, 0.15) is 46.4 Å². The molecule has 136 valence electrons. The van der Waals surface area contributed by atoms with Crippen LogP contribution in [-0.2, 0) is 11.3 Å². The van der Waals surface area contributed by atoms with Gasteiger partial charge >= 0.3 is 0 Å². The molecule has 26 heavy (non-hydrogen) atoms. The van der Waals surface area contributed by atoms with E-state index in [0.717, 1.165) is 41.8 Å². The van der Waals surface area contributed by atoms with Gasteiger partial charge in [0.1, 0.15) is 0 Å². The molecular formula is C21H25N3O2. The van der Waals surface area contributed by atoms with E-state index in [1.54, 1.807) is 30.3 Å². The molecule has 5 heteroatoms. The summed E-state index contributed by atoms with van der Waals surface area (Å²) < 4.78 is 0. The number of carbonyl (C=O) groups is 2. The topological polar surface area (TPSA) is 62.3 Å². The summed E-state index contributed by atoms with van der Waals surface area (Å²) in [7, 11) is 1.77. The maximum Gasteiger partial charge on any atom is 0.254 e. The van der Waals surface area contributed by atoms with Crippen LogP contribution in [0.5, 0.6) is 0 Å². The van der Waals surface area contributed by atoms with E-state index in [-0.39, 0.29) is 17.7 Å². The summed E-state index contributed by atoms with van der Waals surface area (Å²) in [5, 5.41) is 2.98. The first-order valence-corrected chi connectivity index (χ1v) is 9.03. The maximum atomic E-state index is 12.8. The first-order chi connectivity index (χ1) is 12.5. The van der Waals surface area contributed by atoms with Gasteiger partial charge < -0.3 is 10.2 Å². The lowest BCUT2D eigenvalue weighted by molar-refractivity contribution is -0.122. The molecule has 0 spiro atoms. The van der Waals surface area contributed by atoms with Crippen molar-refractivity contribution >= 4 is 17.5 Å². The number of pyridine rings is 1. The number of anilines is 1. The molecular weight excluding hydrogens is 326 g/mol. The zero-order chi connectivity index (χ0) is 18.7. The third kappa shape index (κ3) is 3.93. The number of hydrogen-bond donors (Lipinski definition) is 1. The van der Waals surface area contributed by atoms with Crippen molar-refractivity contribution in [2.24, 2.45) is 5.92 Å². The molecule has 1 heterocycles. The van der Waals surface area contributed by atoms with E-state index in [1.165, 1.54) is 0 Å². The second-order valence-corrected chi connectivity index (χ2v) is 7.07. The molecule has 0 bridgehead atoms. The van der Waals surface area contributed by atoms with Gasteiger partial charge in [0.05, 0.1) is 12.2 Å². The molecule has 1 aliphatic rings. The summed E-state index contributed by atoms with van der Waals surface area (Å²) in [6.45, 7) is 4.37. The Morgan fingerprint density at radius 3 is 2.62 bits per heavy atom. The predicted molar refractivity (Wildman–Crippen MR) is 102 cm³/mol. The number of aryl methyl sites for hydroxylation is 2. The largest absolute Gasteiger partial charge is 0.336 e. The molecule has 0 aliphatic heterocycles. The minimum atomic E-state index is -0.0887. The second-order valence-electron chi connectivity index (χ2n) is 7.07. The molecule has 5 nitrogen and oxygen atoms in total. The third-order valence-corrected chi connectivity index (χ3v) is 5.07. The Morgan fingerprint density at radius 1 is 1.19 bits per heavy atom. The van der Waals surface area contributed by atoms with Crippen molar-refractivity contribution in [1.29, 1.82) is 0 Å². The highest BCUT2D eigenvalue weighted by molar-refractivity contribution is 5.98. The van der Waals surface area contributed by atoms with Crippen molar-refractivity contribution in [3.63, 3.8) is 0 Å². The van der Waals surface area contributed by atoms with Crippen molar-refractivity contribution in [3.8, 4) is 0 Å². The normalized spacial score (nSPS) is 13.8. The lowest BCUT2D eigenvalue weighted by atomic mass is 9.84. The van der Waals surface area contributed by atoms with Crippen molar-refractivity contribution in [3.05, 3.63) is 58.9 Å². The Bertz CT molecular complexity index is 828. The number of hydrogen-bond acceptors (Lipinski definition) is 3. The van der Waals surface area contributed by atoms with Crippen molar-refractivity contribution in [1.82, 2.24) is 9.88 Å². The van der Waals surface area contributed by atoms with E-state index in [0.29, 0.717) is 12.1 Å². The third-order valence-electron chi connectivity index (χ3n) is 5.07. The highest BCUT2D eigenvalue weighted by Gasteiger charge is 2.25. The van der Waals surface area contributed by atoms with Gasteiger partial charge in [0.25, 0.3) is 5.91 Å². The Hall–Kier alpha value is -2.69. The quantitative estimate of drug-likeness (QED) is 0.893. The number of carbonyl (C=O) groups excluding carboxylic acids is 2. The van der Waals surface area contributed by atoms with E-state index in [4.69, 9.17) is 0 Å². The fraction of sp³-hybridized carbons (Fsp3) is 0.381. The summed E-state index contributed by atoms with van der Waals surface area (Å²) in [4.78, 5) is 31.0. The molecule has 1 aromatic carbocycles. The van der Waals surface area contributed by atoms with Gasteiger partial charge in [0.2, 0.25) is 5.91 Å². The van der Waals surface area contributed by atoms with Crippen molar-refractivity contribution in [2.45, 2.75) is 39.7 Å². The number of rotatable bonds is 5. The summed E-state index contributed by atoms with van der Waals surface area (Å²) in [5.74, 6) is 0.0826. The van der Waals surface area contributed by atoms with Crippen molar-refractivity contribution in [2.75, 3.05) is 12.4 Å². The fourth-order valence-electron chi connectivity index (χ4n) is 3.00. The van der Waals surface area contributed by atoms with Gasteiger partial charge in [-0.1, -0.05) is 18.6 Å². The predicted octanol–water partition coefficient (Wildman–Crippen LogP) is 3.71. The van der Waals surface area contributed by atoms with Crippen LogP contribution in [0.3, 0.4) is 0 Å². The summed E-state index contributed by atoms with van der Waals surface area (Å²) in [6, 6.07) is 9.33. The van der Waals surface area contributed by atoms with Gasteiger partial charge in [-0.25, -0.2) is 0 Å². The van der Waals surface area contributed by atoms with Gasteiger partial charge in [-0.2, -0.15) is 0 Å². The van der Waals surface area contributed by atoms with Gasteiger partial charge in [0, 0.05) is 30.4 Å². The van der Waals surface area contributed by atoms with Gasteiger partial charge in [-0.15, -0.1) is 0 Å². The van der Waals surface area contributed by atoms with Crippen LogP contribution in [0.4, 0.5) is 5.69 Å².